The van der Waals surface area contributed by atoms with Crippen molar-refractivity contribution in [2.24, 2.45) is 5.73 Å². The molecule has 0 saturated carbocycles. The van der Waals surface area contributed by atoms with Crippen molar-refractivity contribution in [2.45, 2.75) is 26.8 Å². The Morgan fingerprint density at radius 3 is 2.54 bits per heavy atom. The largest absolute Gasteiger partial charge is 0.340 e. The van der Waals surface area contributed by atoms with Gasteiger partial charge in [-0.15, -0.1) is 0 Å². The van der Waals surface area contributed by atoms with Crippen molar-refractivity contribution in [3.63, 3.8) is 0 Å². The third-order valence-corrected chi connectivity index (χ3v) is 4.77. The van der Waals surface area contributed by atoms with Crippen LogP contribution < -0.4 is 11.1 Å². The molecule has 0 saturated heterocycles. The molecule has 122 valence electrons. The van der Waals surface area contributed by atoms with Gasteiger partial charge < -0.3 is 10.3 Å². The van der Waals surface area contributed by atoms with Gasteiger partial charge in [0.1, 0.15) is 0 Å². The average molecular weight is 321 g/mol. The first kappa shape index (κ1) is 14.9. The summed E-state index contributed by atoms with van der Waals surface area (Å²) in [5.41, 5.74) is 10.7. The minimum atomic E-state index is -0.303. The van der Waals surface area contributed by atoms with Gasteiger partial charge in [0, 0.05) is 22.8 Å². The van der Waals surface area contributed by atoms with Crippen LogP contribution in [0.1, 0.15) is 38.3 Å². The molecule has 3 N–H and O–H groups in total. The summed E-state index contributed by atoms with van der Waals surface area (Å²) < 4.78 is 2.21. The number of rotatable bonds is 3. The summed E-state index contributed by atoms with van der Waals surface area (Å²) in [5, 5.41) is 4.33. The zero-order valence-corrected chi connectivity index (χ0v) is 13.8. The molecule has 5 nitrogen and oxygen atoms in total. The minimum Gasteiger partial charge on any atom is -0.340 e. The lowest BCUT2D eigenvalue weighted by Crippen LogP contribution is -2.20. The molecule has 2 heterocycles. The Labute approximate surface area is 139 Å². The molecule has 5 heteroatoms. The van der Waals surface area contributed by atoms with E-state index in [1.807, 2.05) is 19.9 Å². The highest BCUT2D eigenvalue weighted by atomic mass is 16.2. The van der Waals surface area contributed by atoms with E-state index in [2.05, 4.69) is 28.1 Å². The molecule has 0 fully saturated rings. The van der Waals surface area contributed by atoms with Crippen LogP contribution in [0.5, 0.6) is 0 Å². The van der Waals surface area contributed by atoms with Crippen molar-refractivity contribution >= 4 is 33.6 Å². The molecule has 24 heavy (non-hydrogen) atoms. The Morgan fingerprint density at radius 2 is 1.79 bits per heavy atom. The first-order chi connectivity index (χ1) is 11.5. The normalized spacial score (nSPS) is 13.8. The van der Waals surface area contributed by atoms with E-state index < -0.39 is 0 Å². The number of hydrogen-bond donors (Lipinski definition) is 2. The lowest BCUT2D eigenvalue weighted by molar-refractivity contribution is 0.0880. The predicted molar refractivity (Wildman–Crippen MR) is 94.4 cm³/mol. The van der Waals surface area contributed by atoms with Crippen LogP contribution in [0.4, 0.5) is 0 Å². The maximum atomic E-state index is 12.4. The highest BCUT2D eigenvalue weighted by Gasteiger charge is 2.32. The summed E-state index contributed by atoms with van der Waals surface area (Å²) in [4.78, 5) is 24.6. The zero-order valence-electron chi connectivity index (χ0n) is 13.8. The summed E-state index contributed by atoms with van der Waals surface area (Å²) in [6.07, 6.45) is 0.855. The summed E-state index contributed by atoms with van der Waals surface area (Å²) in [6, 6.07) is 8.25. The average Bonchev–Trinajstić information content (AvgIpc) is 3.00. The summed E-state index contributed by atoms with van der Waals surface area (Å²) >= 11 is 0. The highest BCUT2D eigenvalue weighted by Crippen LogP contribution is 2.37. The van der Waals surface area contributed by atoms with Gasteiger partial charge in [0.05, 0.1) is 16.6 Å². The van der Waals surface area contributed by atoms with Crippen molar-refractivity contribution in [1.82, 2.24) is 9.88 Å². The summed E-state index contributed by atoms with van der Waals surface area (Å²) in [5.74, 6) is -0.604. The maximum Gasteiger partial charge on any atom is 0.259 e. The molecule has 0 bridgehead atoms. The van der Waals surface area contributed by atoms with Crippen LogP contribution in [0.15, 0.2) is 24.3 Å². The third kappa shape index (κ3) is 1.91. The van der Waals surface area contributed by atoms with E-state index in [1.54, 1.807) is 0 Å². The van der Waals surface area contributed by atoms with Crippen LogP contribution in [0.25, 0.3) is 21.8 Å². The fraction of sp³-hybridized carbons (Fsp3) is 0.263. The van der Waals surface area contributed by atoms with E-state index in [9.17, 15) is 9.59 Å². The molecule has 3 aromatic rings. The lowest BCUT2D eigenvalue weighted by Gasteiger charge is -2.08. The number of benzene rings is 2. The molecular formula is C19H19N3O2. The second kappa shape index (κ2) is 5.18. The molecule has 1 aliphatic rings. The van der Waals surface area contributed by atoms with E-state index in [-0.39, 0.29) is 11.8 Å². The van der Waals surface area contributed by atoms with Crippen molar-refractivity contribution in [3.05, 3.63) is 46.5 Å². The fourth-order valence-corrected chi connectivity index (χ4v) is 3.74. The molecule has 2 amide bonds. The van der Waals surface area contributed by atoms with Gasteiger partial charge in [0.15, 0.2) is 0 Å². The van der Waals surface area contributed by atoms with Gasteiger partial charge >= 0.3 is 0 Å². The minimum absolute atomic E-state index is 0.301. The number of carbonyl (C=O) groups excluding carboxylic acids is 2. The molecule has 0 spiro atoms. The lowest BCUT2D eigenvalue weighted by atomic mass is 9.97. The predicted octanol–water partition coefficient (Wildman–Crippen LogP) is 2.64. The highest BCUT2D eigenvalue weighted by molar-refractivity contribution is 6.30. The molecule has 2 aromatic carbocycles. The van der Waals surface area contributed by atoms with Gasteiger partial charge in [-0.3, -0.25) is 14.9 Å². The number of nitrogens with one attached hydrogen (secondary N) is 1. The van der Waals surface area contributed by atoms with Gasteiger partial charge in [-0.1, -0.05) is 11.6 Å². The van der Waals surface area contributed by atoms with Crippen LogP contribution in [0.2, 0.25) is 0 Å². The maximum absolute atomic E-state index is 12.4. The number of fused-ring (bicyclic) bond motifs is 5. The molecule has 1 aliphatic heterocycles. The molecule has 4 rings (SSSR count). The first-order valence-corrected chi connectivity index (χ1v) is 8.15. The Morgan fingerprint density at radius 1 is 1.04 bits per heavy atom. The Kier molecular flexibility index (Phi) is 3.21. The van der Waals surface area contributed by atoms with Crippen molar-refractivity contribution < 1.29 is 9.59 Å². The van der Waals surface area contributed by atoms with E-state index >= 15 is 0 Å². The number of hydrogen-bond acceptors (Lipinski definition) is 3. The monoisotopic (exact) mass is 321 g/mol. The van der Waals surface area contributed by atoms with Gasteiger partial charge in [-0.05, 0) is 50.6 Å². The Hall–Kier alpha value is -2.66. The SMILES string of the molecule is Cc1ccc2c(c1)c1c3c(c(C)cc1n2CCCN)C(=O)NC3=O. The number of aromatic nitrogens is 1. The van der Waals surface area contributed by atoms with Crippen LogP contribution in [0, 0.1) is 13.8 Å². The topological polar surface area (TPSA) is 77.1 Å². The van der Waals surface area contributed by atoms with E-state index in [0.717, 1.165) is 45.9 Å². The second-order valence-corrected chi connectivity index (χ2v) is 6.44. The first-order valence-electron chi connectivity index (χ1n) is 8.15. The summed E-state index contributed by atoms with van der Waals surface area (Å²) in [7, 11) is 0. The number of nitrogens with two attached hydrogens (primary N) is 1. The number of carbonyl (C=O) groups is 2. The Bertz CT molecular complexity index is 1030. The summed E-state index contributed by atoms with van der Waals surface area (Å²) in [6.45, 7) is 5.30. The smallest absolute Gasteiger partial charge is 0.259 e. The van der Waals surface area contributed by atoms with Gasteiger partial charge in [-0.25, -0.2) is 0 Å². The Balaban J connectivity index is 2.20. The quantitative estimate of drug-likeness (QED) is 0.728. The zero-order chi connectivity index (χ0) is 17.0. The van der Waals surface area contributed by atoms with Crippen molar-refractivity contribution in [3.8, 4) is 0 Å². The number of imide groups is 1. The van der Waals surface area contributed by atoms with E-state index in [0.29, 0.717) is 17.7 Å². The molecule has 0 aliphatic carbocycles. The number of aryl methyl sites for hydroxylation is 3. The molecular weight excluding hydrogens is 302 g/mol. The van der Waals surface area contributed by atoms with Crippen LogP contribution in [-0.2, 0) is 6.54 Å². The van der Waals surface area contributed by atoms with Crippen LogP contribution in [-0.4, -0.2) is 22.9 Å². The van der Waals surface area contributed by atoms with Crippen molar-refractivity contribution in [1.29, 1.82) is 0 Å². The molecule has 1 aromatic heterocycles. The molecule has 0 unspecified atom stereocenters. The molecule has 0 atom stereocenters. The van der Waals surface area contributed by atoms with E-state index in [4.69, 9.17) is 5.73 Å². The molecule has 0 radical (unpaired) electrons. The van der Waals surface area contributed by atoms with Crippen LogP contribution >= 0.6 is 0 Å². The van der Waals surface area contributed by atoms with Crippen molar-refractivity contribution in [2.75, 3.05) is 6.54 Å². The fourth-order valence-electron chi connectivity index (χ4n) is 3.74. The standard InChI is InChI=1S/C19H19N3O2/c1-10-4-5-13-12(8-10)16-14(22(13)7-3-6-20)9-11(2)15-17(16)19(24)21-18(15)23/h4-5,8-9H,3,6-7,20H2,1-2H3,(H,21,23,24). The van der Waals surface area contributed by atoms with Gasteiger partial charge in [0.2, 0.25) is 0 Å². The number of nitrogens with zero attached hydrogens (tertiary/aromatic N) is 1. The van der Waals surface area contributed by atoms with Gasteiger partial charge in [-0.2, -0.15) is 0 Å². The van der Waals surface area contributed by atoms with Gasteiger partial charge in [0.25, 0.3) is 11.8 Å². The van der Waals surface area contributed by atoms with E-state index in [1.165, 1.54) is 0 Å². The third-order valence-electron chi connectivity index (χ3n) is 4.77. The van der Waals surface area contributed by atoms with Crippen LogP contribution in [0.3, 0.4) is 0 Å². The second-order valence-electron chi connectivity index (χ2n) is 6.44. The number of amides is 2.